The lowest BCUT2D eigenvalue weighted by Crippen LogP contribution is -2.37. The first-order chi connectivity index (χ1) is 18.4. The predicted molar refractivity (Wildman–Crippen MR) is 141 cm³/mol. The monoisotopic (exact) mass is 554 g/mol. The van der Waals surface area contributed by atoms with Crippen LogP contribution >= 0.6 is 11.8 Å². The van der Waals surface area contributed by atoms with Crippen molar-refractivity contribution in [1.82, 2.24) is 14.3 Å². The van der Waals surface area contributed by atoms with E-state index in [1.807, 2.05) is 17.0 Å². The van der Waals surface area contributed by atoms with Crippen LogP contribution in [0.15, 0.2) is 53.6 Å². The van der Waals surface area contributed by atoms with Gasteiger partial charge < -0.3 is 15.0 Å². The maximum Gasteiger partial charge on any atom is 0.244 e. The van der Waals surface area contributed by atoms with Gasteiger partial charge in [-0.05, 0) is 47.7 Å². The second-order valence-electron chi connectivity index (χ2n) is 8.52. The number of benzene rings is 2. The van der Waals surface area contributed by atoms with Gasteiger partial charge in [-0.25, -0.2) is 22.8 Å². The van der Waals surface area contributed by atoms with E-state index in [4.69, 9.17) is 10.00 Å². The normalized spacial score (nSPS) is 16.6. The van der Waals surface area contributed by atoms with Crippen molar-refractivity contribution in [3.63, 3.8) is 0 Å². The number of ether oxygens (including phenoxy) is 1. The molecule has 3 aromatic rings. The molecule has 5 rings (SSSR count). The molecular formula is C25H23FN6O4S2. The molecule has 0 spiro atoms. The number of carbonyl (C=O) groups excluding carboxylic acids is 1. The summed E-state index contributed by atoms with van der Waals surface area (Å²) < 4.78 is 45.1. The zero-order valence-electron chi connectivity index (χ0n) is 20.1. The van der Waals surface area contributed by atoms with Gasteiger partial charge in [-0.2, -0.15) is 9.57 Å². The Balaban J connectivity index is 1.42. The summed E-state index contributed by atoms with van der Waals surface area (Å²) >= 11 is 0.597. The number of rotatable bonds is 7. The van der Waals surface area contributed by atoms with Crippen LogP contribution in [0.5, 0.6) is 0 Å². The topological polar surface area (TPSA) is 129 Å². The van der Waals surface area contributed by atoms with E-state index in [1.165, 1.54) is 0 Å². The van der Waals surface area contributed by atoms with Crippen LogP contribution < -0.4 is 10.2 Å². The molecule has 3 heterocycles. The fourth-order valence-electron chi connectivity index (χ4n) is 4.41. The van der Waals surface area contributed by atoms with Crippen molar-refractivity contribution in [1.29, 1.82) is 5.26 Å². The number of anilines is 3. The molecule has 10 nitrogen and oxygen atoms in total. The number of fused-ring (bicyclic) bond motifs is 1. The summed E-state index contributed by atoms with van der Waals surface area (Å²) in [5.41, 5.74) is 3.33. The third-order valence-corrected chi connectivity index (χ3v) is 8.71. The number of hydrogen-bond donors (Lipinski definition) is 1. The number of morpholine rings is 1. The van der Waals surface area contributed by atoms with Gasteiger partial charge in [-0.15, -0.1) is 0 Å². The minimum atomic E-state index is -3.75. The fourth-order valence-corrected chi connectivity index (χ4v) is 6.38. The Bertz CT molecular complexity index is 1520. The van der Waals surface area contributed by atoms with Crippen molar-refractivity contribution in [2.24, 2.45) is 0 Å². The molecule has 0 radical (unpaired) electrons. The van der Waals surface area contributed by atoms with E-state index >= 15 is 0 Å². The van der Waals surface area contributed by atoms with Gasteiger partial charge >= 0.3 is 0 Å². The minimum Gasteiger partial charge on any atom is -0.378 e. The highest BCUT2D eigenvalue weighted by molar-refractivity contribution is 8.14. The zero-order valence-corrected chi connectivity index (χ0v) is 21.8. The number of hydrogen-bond acceptors (Lipinski definition) is 10. The lowest BCUT2D eigenvalue weighted by molar-refractivity contribution is 0.108. The first-order valence-electron chi connectivity index (χ1n) is 11.7. The van der Waals surface area contributed by atoms with E-state index in [2.05, 4.69) is 15.3 Å². The molecule has 1 aromatic heterocycles. The van der Waals surface area contributed by atoms with Crippen molar-refractivity contribution >= 4 is 44.2 Å². The molecule has 38 heavy (non-hydrogen) atoms. The number of alkyl halides is 1. The minimum absolute atomic E-state index is 0.157. The number of thioether (sulfide) groups is 1. The molecule has 0 aliphatic carbocycles. The smallest absolute Gasteiger partial charge is 0.244 e. The van der Waals surface area contributed by atoms with E-state index in [0.29, 0.717) is 71.8 Å². The summed E-state index contributed by atoms with van der Waals surface area (Å²) in [6, 6.07) is 13.0. The lowest BCUT2D eigenvalue weighted by Gasteiger charge is -2.30. The second kappa shape index (κ2) is 11.0. The van der Waals surface area contributed by atoms with Gasteiger partial charge in [0.1, 0.15) is 12.6 Å². The van der Waals surface area contributed by atoms with Crippen LogP contribution in [0.25, 0.3) is 11.3 Å². The number of nitriles is 1. The molecule has 13 heteroatoms. The quantitative estimate of drug-likeness (QED) is 0.433. The van der Waals surface area contributed by atoms with E-state index in [-0.39, 0.29) is 29.0 Å². The molecule has 0 amide bonds. The number of carbonyl (C=O) groups is 1. The fraction of sp³-hybridized carbons (Fsp3) is 0.280. The average molecular weight is 555 g/mol. The summed E-state index contributed by atoms with van der Waals surface area (Å²) in [6.45, 7) is 2.29. The molecule has 0 atom stereocenters. The number of nitrogens with one attached hydrogen (secondary N) is 1. The van der Waals surface area contributed by atoms with Crippen LogP contribution in [0.4, 0.5) is 21.7 Å². The second-order valence-corrected chi connectivity index (χ2v) is 11.3. The van der Waals surface area contributed by atoms with Gasteiger partial charge in [0.05, 0.1) is 35.4 Å². The first-order valence-corrected chi connectivity index (χ1v) is 14.1. The summed E-state index contributed by atoms with van der Waals surface area (Å²) in [7, 11) is -3.75. The van der Waals surface area contributed by atoms with Crippen molar-refractivity contribution in [2.45, 2.75) is 11.4 Å². The Morgan fingerprint density at radius 1 is 1.18 bits per heavy atom. The lowest BCUT2D eigenvalue weighted by atomic mass is 10.1. The molecular weight excluding hydrogens is 531 g/mol. The molecule has 196 valence electrons. The summed E-state index contributed by atoms with van der Waals surface area (Å²) in [5, 5.41) is 11.7. The number of nitrogens with zero attached hydrogens (tertiary/aromatic N) is 5. The highest BCUT2D eigenvalue weighted by atomic mass is 32.2. The van der Waals surface area contributed by atoms with Gasteiger partial charge in [0, 0.05) is 42.8 Å². The SMILES string of the molecule is N#CCN1Cc2ccc(-c3ccnc(Nc4ccc(N5CCOCC5)c(C(=O)SCF)c4)n3)cc2S1(=O)=O. The van der Waals surface area contributed by atoms with E-state index in [1.54, 1.807) is 42.6 Å². The standard InChI is InChI=1S/C25H23FN6O4S2/c26-16-37-24(33)20-14-19(3-4-22(20)31-9-11-36-12-10-31)29-25-28-7-5-21(30-25)17-1-2-18-15-32(8-6-27)38(34,35)23(18)13-17/h1-5,7,13-14H,8-12,15-16H2,(H,28,29,30). The first kappa shape index (κ1) is 26.1. The Morgan fingerprint density at radius 3 is 2.76 bits per heavy atom. The van der Waals surface area contributed by atoms with Crippen LogP contribution in [-0.4, -0.2) is 66.7 Å². The highest BCUT2D eigenvalue weighted by Crippen LogP contribution is 2.34. The molecule has 2 aliphatic heterocycles. The Kier molecular flexibility index (Phi) is 7.57. The van der Waals surface area contributed by atoms with Crippen LogP contribution in [0, 0.1) is 11.3 Å². The van der Waals surface area contributed by atoms with Crippen molar-refractivity contribution in [3.05, 3.63) is 59.8 Å². The number of sulfonamides is 1. The van der Waals surface area contributed by atoms with E-state index in [9.17, 15) is 17.6 Å². The zero-order chi connectivity index (χ0) is 26.7. The molecule has 1 N–H and O–H groups in total. The van der Waals surface area contributed by atoms with E-state index < -0.39 is 16.0 Å². The van der Waals surface area contributed by atoms with Crippen molar-refractivity contribution < 1.29 is 22.3 Å². The molecule has 2 aliphatic rings. The molecule has 1 fully saturated rings. The molecule has 0 unspecified atom stereocenters. The molecule has 2 aromatic carbocycles. The maximum absolute atomic E-state index is 13.0. The Morgan fingerprint density at radius 2 is 2.00 bits per heavy atom. The van der Waals surface area contributed by atoms with E-state index in [0.717, 1.165) is 4.31 Å². The molecule has 0 bridgehead atoms. The summed E-state index contributed by atoms with van der Waals surface area (Å²) in [6.07, 6.45) is 1.54. The molecule has 1 saturated heterocycles. The van der Waals surface area contributed by atoms with Gasteiger partial charge in [0.2, 0.25) is 21.1 Å². The predicted octanol–water partition coefficient (Wildman–Crippen LogP) is 3.55. The van der Waals surface area contributed by atoms with Crippen LogP contribution in [0.2, 0.25) is 0 Å². The maximum atomic E-state index is 13.0. The Labute approximate surface area is 223 Å². The van der Waals surface area contributed by atoms with Crippen LogP contribution in [0.3, 0.4) is 0 Å². The van der Waals surface area contributed by atoms with Gasteiger partial charge in [0.15, 0.2) is 0 Å². The van der Waals surface area contributed by atoms with Crippen LogP contribution in [0.1, 0.15) is 15.9 Å². The van der Waals surface area contributed by atoms with Crippen molar-refractivity contribution in [2.75, 3.05) is 49.1 Å². The van der Waals surface area contributed by atoms with Gasteiger partial charge in [-0.3, -0.25) is 4.79 Å². The average Bonchev–Trinajstić information content (AvgIpc) is 3.18. The van der Waals surface area contributed by atoms with Gasteiger partial charge in [0.25, 0.3) is 0 Å². The Hall–Kier alpha value is -3.57. The summed E-state index contributed by atoms with van der Waals surface area (Å²) in [4.78, 5) is 23.7. The largest absolute Gasteiger partial charge is 0.378 e. The van der Waals surface area contributed by atoms with Gasteiger partial charge in [-0.1, -0.05) is 12.1 Å². The third kappa shape index (κ3) is 5.21. The number of aromatic nitrogens is 2. The highest BCUT2D eigenvalue weighted by Gasteiger charge is 2.34. The van der Waals surface area contributed by atoms with Crippen molar-refractivity contribution in [3.8, 4) is 17.3 Å². The molecule has 0 saturated carbocycles. The van der Waals surface area contributed by atoms with Crippen LogP contribution in [-0.2, 0) is 21.3 Å². The summed E-state index contributed by atoms with van der Waals surface area (Å²) in [5.74, 6) is 0.243. The third-order valence-electron chi connectivity index (χ3n) is 6.24. The number of halogens is 1.